The summed E-state index contributed by atoms with van der Waals surface area (Å²) in [4.78, 5) is 0. The number of rotatable bonds is 8. The molecule has 1 rings (SSSR count). The van der Waals surface area contributed by atoms with Crippen LogP contribution in [0.25, 0.3) is 0 Å². The number of quaternary nitrogens is 2. The topological polar surface area (TPSA) is 58.9 Å². The van der Waals surface area contributed by atoms with Gasteiger partial charge in [0.05, 0.1) is 40.9 Å². The highest BCUT2D eigenvalue weighted by molar-refractivity contribution is 5.49. The van der Waals surface area contributed by atoms with Crippen LogP contribution in [0.1, 0.15) is 18.1 Å². The third kappa shape index (κ3) is 5.46. The Morgan fingerprint density at radius 2 is 1.64 bits per heavy atom. The average molecular weight is 314 g/mol. The molecule has 0 heterocycles. The third-order valence-electron chi connectivity index (χ3n) is 3.66. The molecular weight excluding hydrogens is 284 g/mol. The normalized spacial score (nSPS) is 14.5. The van der Waals surface area contributed by atoms with Gasteiger partial charge in [-0.3, -0.25) is 0 Å². The van der Waals surface area contributed by atoms with Crippen LogP contribution in [0.15, 0.2) is 12.1 Å². The highest BCUT2D eigenvalue weighted by atomic mass is 16.6. The van der Waals surface area contributed by atoms with E-state index in [4.69, 9.17) is 9.47 Å². The second-order valence-corrected chi connectivity index (χ2v) is 6.41. The Balaban J connectivity index is 3.04. The Labute approximate surface area is 133 Å². The number of hydroxylamine groups is 6. The number of aryl methyl sites for hydroxylation is 1. The second-order valence-electron chi connectivity index (χ2n) is 6.41. The summed E-state index contributed by atoms with van der Waals surface area (Å²) in [5.41, 5.74) is 2.03. The Kier molecular flexibility index (Phi) is 6.19. The number of nitrogens with zero attached hydrogens (tertiary/aromatic N) is 2. The number of hydrogen-bond acceptors (Lipinski definition) is 4. The molecule has 2 N–H and O–H groups in total. The summed E-state index contributed by atoms with van der Waals surface area (Å²) in [6.45, 7) is 3.32. The van der Waals surface area contributed by atoms with Gasteiger partial charge in [-0.1, -0.05) is 6.92 Å². The van der Waals surface area contributed by atoms with Crippen LogP contribution in [0.4, 0.5) is 0 Å². The smallest absolute Gasteiger partial charge is 0.169 e. The minimum absolute atomic E-state index is 0.177. The van der Waals surface area contributed by atoms with E-state index in [0.717, 1.165) is 17.5 Å². The van der Waals surface area contributed by atoms with Crippen molar-refractivity contribution in [1.29, 1.82) is 0 Å². The lowest BCUT2D eigenvalue weighted by Crippen LogP contribution is -2.49. The standard InChI is InChI=1S/C16H30N2O4/c1-7-13-10-14(16(22-6)15(11-13)21-5)12-18(4,20)9-8-17(2,3)19/h10-11,19-20H,7-9,12H2,1-6H3/q+2. The van der Waals surface area contributed by atoms with Gasteiger partial charge in [0.2, 0.25) is 0 Å². The molecule has 0 amide bonds. The Morgan fingerprint density at radius 1 is 1.00 bits per heavy atom. The summed E-state index contributed by atoms with van der Waals surface area (Å²) in [7, 11) is 8.30. The summed E-state index contributed by atoms with van der Waals surface area (Å²) >= 11 is 0. The fraction of sp³-hybridized carbons (Fsp3) is 0.625. The van der Waals surface area contributed by atoms with Crippen LogP contribution >= 0.6 is 0 Å². The highest BCUT2D eigenvalue weighted by Gasteiger charge is 2.27. The van der Waals surface area contributed by atoms with Crippen LogP contribution < -0.4 is 9.47 Å². The molecule has 0 saturated heterocycles. The molecular formula is C16H30N2O4+2. The molecule has 0 fully saturated rings. The molecule has 0 radical (unpaired) electrons. The van der Waals surface area contributed by atoms with E-state index in [2.05, 4.69) is 6.92 Å². The van der Waals surface area contributed by atoms with Crippen LogP contribution in [0.5, 0.6) is 11.5 Å². The van der Waals surface area contributed by atoms with Crippen molar-refractivity contribution in [3.05, 3.63) is 23.3 Å². The van der Waals surface area contributed by atoms with Crippen molar-refractivity contribution in [2.75, 3.05) is 48.5 Å². The zero-order valence-corrected chi connectivity index (χ0v) is 14.6. The van der Waals surface area contributed by atoms with E-state index in [-0.39, 0.29) is 9.29 Å². The van der Waals surface area contributed by atoms with Crippen LogP contribution in [-0.2, 0) is 13.0 Å². The number of benzene rings is 1. The van der Waals surface area contributed by atoms with E-state index in [1.165, 1.54) is 0 Å². The maximum absolute atomic E-state index is 10.6. The molecule has 22 heavy (non-hydrogen) atoms. The first-order valence-corrected chi connectivity index (χ1v) is 7.48. The zero-order valence-electron chi connectivity index (χ0n) is 14.6. The number of methoxy groups -OCH3 is 2. The molecule has 0 spiro atoms. The van der Waals surface area contributed by atoms with Gasteiger partial charge in [0, 0.05) is 0 Å². The SMILES string of the molecule is CCc1cc(C[N+](C)(O)CC[N+](C)(C)O)c(OC)c(OC)c1. The van der Waals surface area contributed by atoms with E-state index >= 15 is 0 Å². The summed E-state index contributed by atoms with van der Waals surface area (Å²) < 4.78 is 10.4. The van der Waals surface area contributed by atoms with Crippen molar-refractivity contribution in [3.63, 3.8) is 0 Å². The van der Waals surface area contributed by atoms with Crippen molar-refractivity contribution < 1.29 is 29.2 Å². The summed E-state index contributed by atoms with van der Waals surface area (Å²) in [6.07, 6.45) is 0.878. The first-order chi connectivity index (χ1) is 10.1. The van der Waals surface area contributed by atoms with Crippen LogP contribution in [0.3, 0.4) is 0 Å². The number of hydrogen-bond donors (Lipinski definition) is 2. The first-order valence-electron chi connectivity index (χ1n) is 7.48. The molecule has 6 heteroatoms. The van der Waals surface area contributed by atoms with E-state index in [1.807, 2.05) is 12.1 Å². The van der Waals surface area contributed by atoms with Gasteiger partial charge in [-0.15, -0.1) is 0 Å². The maximum Gasteiger partial charge on any atom is 0.169 e. The van der Waals surface area contributed by atoms with Gasteiger partial charge >= 0.3 is 0 Å². The number of ether oxygens (including phenoxy) is 2. The fourth-order valence-electron chi connectivity index (χ4n) is 2.33. The fourth-order valence-corrected chi connectivity index (χ4v) is 2.33. The molecule has 1 atom stereocenters. The summed E-state index contributed by atoms with van der Waals surface area (Å²) in [6, 6.07) is 3.99. The number of likely N-dealkylation sites (N-methyl/N-ethyl adjacent to an activating group) is 2. The molecule has 0 aliphatic rings. The molecule has 1 aromatic rings. The molecule has 1 unspecified atom stereocenters. The quantitative estimate of drug-likeness (QED) is 0.570. The Hall–Kier alpha value is -1.34. The maximum atomic E-state index is 10.6. The van der Waals surface area contributed by atoms with E-state index < -0.39 is 0 Å². The third-order valence-corrected chi connectivity index (χ3v) is 3.66. The molecule has 0 aliphatic carbocycles. The molecule has 0 bridgehead atoms. The van der Waals surface area contributed by atoms with Crippen molar-refractivity contribution in [2.45, 2.75) is 19.9 Å². The van der Waals surface area contributed by atoms with E-state index in [1.54, 1.807) is 35.4 Å². The molecule has 0 saturated carbocycles. The molecule has 0 aromatic heterocycles. The van der Waals surface area contributed by atoms with Crippen molar-refractivity contribution >= 4 is 0 Å². The predicted octanol–water partition coefficient (Wildman–Crippen LogP) is 2.07. The van der Waals surface area contributed by atoms with Gasteiger partial charge in [-0.2, -0.15) is 9.29 Å². The molecule has 1 aromatic carbocycles. The van der Waals surface area contributed by atoms with E-state index in [9.17, 15) is 10.4 Å². The van der Waals surface area contributed by atoms with E-state index in [0.29, 0.717) is 31.1 Å². The van der Waals surface area contributed by atoms with Gasteiger partial charge in [0.1, 0.15) is 6.54 Å². The highest BCUT2D eigenvalue weighted by Crippen LogP contribution is 2.34. The lowest BCUT2D eigenvalue weighted by atomic mass is 10.1. The average Bonchev–Trinajstić information content (AvgIpc) is 2.43. The lowest BCUT2D eigenvalue weighted by molar-refractivity contribution is -1.13. The summed E-state index contributed by atoms with van der Waals surface area (Å²) in [5.74, 6) is 1.32. The van der Waals surface area contributed by atoms with Gasteiger partial charge in [0.25, 0.3) is 0 Å². The minimum atomic E-state index is -0.227. The van der Waals surface area contributed by atoms with Crippen LogP contribution in [-0.4, -0.2) is 68.2 Å². The van der Waals surface area contributed by atoms with Gasteiger partial charge in [0.15, 0.2) is 24.6 Å². The zero-order chi connectivity index (χ0) is 17.0. The van der Waals surface area contributed by atoms with Gasteiger partial charge in [-0.05, 0) is 24.1 Å². The second kappa shape index (κ2) is 7.28. The van der Waals surface area contributed by atoms with Crippen molar-refractivity contribution in [1.82, 2.24) is 0 Å². The van der Waals surface area contributed by atoms with Crippen LogP contribution in [0, 0.1) is 0 Å². The van der Waals surface area contributed by atoms with Crippen molar-refractivity contribution in [2.24, 2.45) is 0 Å². The largest absolute Gasteiger partial charge is 0.493 e. The van der Waals surface area contributed by atoms with Crippen molar-refractivity contribution in [3.8, 4) is 11.5 Å². The monoisotopic (exact) mass is 314 g/mol. The van der Waals surface area contributed by atoms with Crippen LogP contribution in [0.2, 0.25) is 0 Å². The Morgan fingerprint density at radius 3 is 2.09 bits per heavy atom. The van der Waals surface area contributed by atoms with Gasteiger partial charge < -0.3 is 9.47 Å². The van der Waals surface area contributed by atoms with Gasteiger partial charge in [-0.25, -0.2) is 10.4 Å². The summed E-state index contributed by atoms with van der Waals surface area (Å²) in [5, 5.41) is 20.4. The molecule has 6 nitrogen and oxygen atoms in total. The lowest BCUT2D eigenvalue weighted by Gasteiger charge is -2.29. The first kappa shape index (κ1) is 18.7. The Bertz CT molecular complexity index is 496. The molecule has 0 aliphatic heterocycles. The molecule has 126 valence electrons. The predicted molar refractivity (Wildman–Crippen MR) is 84.2 cm³/mol. The minimum Gasteiger partial charge on any atom is -0.493 e.